The van der Waals surface area contributed by atoms with Crippen molar-refractivity contribution in [3.8, 4) is 17.2 Å². The summed E-state index contributed by atoms with van der Waals surface area (Å²) < 4.78 is 77.3. The molecule has 0 bridgehead atoms. The van der Waals surface area contributed by atoms with Crippen LogP contribution in [-0.2, 0) is 0 Å². The van der Waals surface area contributed by atoms with Crippen LogP contribution in [0.3, 0.4) is 0 Å². The number of ether oxygens (including phenoxy) is 2. The van der Waals surface area contributed by atoms with Crippen molar-refractivity contribution in [3.05, 3.63) is 18.2 Å². The number of hydrogen-bond acceptors (Lipinski definition) is 3. The Kier molecular flexibility index (Phi) is 3.30. The number of halogens is 6. The van der Waals surface area contributed by atoms with E-state index in [0.29, 0.717) is 18.2 Å². The average molecular weight is 262 g/mol. The number of aromatic hydroxyl groups is 1. The molecule has 3 nitrogen and oxygen atoms in total. The molecule has 1 aromatic rings. The SMILES string of the molecule is Oc1cc(OC(F)(F)F)cc(OC(F)(F)F)c1. The van der Waals surface area contributed by atoms with Crippen LogP contribution in [0.4, 0.5) is 26.3 Å². The second kappa shape index (κ2) is 4.22. The maximum absolute atomic E-state index is 11.8. The maximum atomic E-state index is 11.8. The summed E-state index contributed by atoms with van der Waals surface area (Å²) in [6.07, 6.45) is -10.2. The summed E-state index contributed by atoms with van der Waals surface area (Å²) in [5.41, 5.74) is 0. The number of alkyl halides is 6. The van der Waals surface area contributed by atoms with Crippen LogP contribution in [0.25, 0.3) is 0 Å². The lowest BCUT2D eigenvalue weighted by Crippen LogP contribution is -2.18. The summed E-state index contributed by atoms with van der Waals surface area (Å²) in [7, 11) is 0. The number of phenolic OH excluding ortho intramolecular Hbond substituents is 1. The summed E-state index contributed by atoms with van der Waals surface area (Å²) in [6.45, 7) is 0. The van der Waals surface area contributed by atoms with Gasteiger partial charge in [-0.25, -0.2) is 0 Å². The molecule has 0 amide bonds. The Morgan fingerprint density at radius 2 is 1.12 bits per heavy atom. The highest BCUT2D eigenvalue weighted by atomic mass is 19.4. The summed E-state index contributed by atoms with van der Waals surface area (Å²) in [4.78, 5) is 0. The zero-order chi connectivity index (χ0) is 13.3. The summed E-state index contributed by atoms with van der Waals surface area (Å²) in [6, 6.07) is 1.34. The van der Waals surface area contributed by atoms with Gasteiger partial charge in [-0.2, -0.15) is 0 Å². The van der Waals surface area contributed by atoms with E-state index in [1.165, 1.54) is 0 Å². The molecule has 1 aromatic carbocycles. The van der Waals surface area contributed by atoms with E-state index in [1.807, 2.05) is 0 Å². The van der Waals surface area contributed by atoms with E-state index in [1.54, 1.807) is 0 Å². The van der Waals surface area contributed by atoms with Gasteiger partial charge < -0.3 is 14.6 Å². The Labute approximate surface area is 90.2 Å². The lowest BCUT2D eigenvalue weighted by molar-refractivity contribution is -0.276. The zero-order valence-electron chi connectivity index (χ0n) is 7.76. The Morgan fingerprint density at radius 3 is 1.41 bits per heavy atom. The van der Waals surface area contributed by atoms with Crippen LogP contribution in [-0.4, -0.2) is 17.8 Å². The third kappa shape index (κ3) is 5.18. The highest BCUT2D eigenvalue weighted by molar-refractivity contribution is 5.41. The molecule has 0 spiro atoms. The molecule has 0 saturated carbocycles. The first-order valence-electron chi connectivity index (χ1n) is 3.91. The first-order chi connectivity index (χ1) is 7.55. The molecule has 9 heteroatoms. The predicted octanol–water partition coefficient (Wildman–Crippen LogP) is 3.19. The van der Waals surface area contributed by atoms with Crippen LogP contribution in [0.5, 0.6) is 17.2 Å². The molecule has 0 saturated heterocycles. The number of rotatable bonds is 2. The highest BCUT2D eigenvalue weighted by Gasteiger charge is 2.33. The van der Waals surface area contributed by atoms with Crippen LogP contribution < -0.4 is 9.47 Å². The molecule has 0 unspecified atom stereocenters. The molecule has 1 N–H and O–H groups in total. The van der Waals surface area contributed by atoms with Crippen molar-refractivity contribution in [1.29, 1.82) is 0 Å². The van der Waals surface area contributed by atoms with Gasteiger partial charge in [0.25, 0.3) is 0 Å². The summed E-state index contributed by atoms with van der Waals surface area (Å²) >= 11 is 0. The van der Waals surface area contributed by atoms with E-state index in [4.69, 9.17) is 5.11 Å². The van der Waals surface area contributed by atoms with Gasteiger partial charge in [-0.05, 0) is 0 Å². The standard InChI is InChI=1S/C8H4F6O3/c9-7(10,11)16-5-1-4(15)2-6(3-5)17-8(12,13)14/h1-3,15H. The average Bonchev–Trinajstić information content (AvgIpc) is 1.93. The van der Waals surface area contributed by atoms with Gasteiger partial charge in [-0.15, -0.1) is 26.3 Å². The van der Waals surface area contributed by atoms with Crippen molar-refractivity contribution in [3.63, 3.8) is 0 Å². The van der Waals surface area contributed by atoms with Gasteiger partial charge in [-0.3, -0.25) is 0 Å². The minimum Gasteiger partial charge on any atom is -0.508 e. The molecular formula is C8H4F6O3. The Morgan fingerprint density at radius 1 is 0.765 bits per heavy atom. The van der Waals surface area contributed by atoms with Crippen molar-refractivity contribution in [2.75, 3.05) is 0 Å². The molecule has 0 heterocycles. The molecule has 0 fully saturated rings. The smallest absolute Gasteiger partial charge is 0.508 e. The predicted molar refractivity (Wildman–Crippen MR) is 41.5 cm³/mol. The fourth-order valence-electron chi connectivity index (χ4n) is 0.942. The monoisotopic (exact) mass is 262 g/mol. The van der Waals surface area contributed by atoms with E-state index in [-0.39, 0.29) is 0 Å². The van der Waals surface area contributed by atoms with Crippen LogP contribution in [0.15, 0.2) is 18.2 Å². The molecule has 0 aromatic heterocycles. The lowest BCUT2D eigenvalue weighted by Gasteiger charge is -2.12. The number of benzene rings is 1. The van der Waals surface area contributed by atoms with E-state index < -0.39 is 30.0 Å². The van der Waals surface area contributed by atoms with Gasteiger partial charge in [0.15, 0.2) is 0 Å². The van der Waals surface area contributed by atoms with Crippen molar-refractivity contribution in [1.82, 2.24) is 0 Å². The van der Waals surface area contributed by atoms with Gasteiger partial charge in [0.1, 0.15) is 17.2 Å². The fourth-order valence-corrected chi connectivity index (χ4v) is 0.942. The van der Waals surface area contributed by atoms with Crippen molar-refractivity contribution < 1.29 is 40.9 Å². The molecule has 0 aliphatic rings. The maximum Gasteiger partial charge on any atom is 0.573 e. The largest absolute Gasteiger partial charge is 0.573 e. The van der Waals surface area contributed by atoms with E-state index >= 15 is 0 Å². The third-order valence-electron chi connectivity index (χ3n) is 1.33. The molecule has 0 aliphatic heterocycles. The van der Waals surface area contributed by atoms with Gasteiger partial charge in [0.2, 0.25) is 0 Å². The van der Waals surface area contributed by atoms with Crippen LogP contribution in [0, 0.1) is 0 Å². The molecule has 1 rings (SSSR count). The Bertz CT molecular complexity index is 363. The molecule has 17 heavy (non-hydrogen) atoms. The lowest BCUT2D eigenvalue weighted by atomic mass is 10.3. The molecule has 0 atom stereocenters. The van der Waals surface area contributed by atoms with Crippen LogP contribution in [0.1, 0.15) is 0 Å². The number of hydrogen-bond donors (Lipinski definition) is 1. The van der Waals surface area contributed by atoms with Crippen LogP contribution in [0.2, 0.25) is 0 Å². The van der Waals surface area contributed by atoms with Gasteiger partial charge in [0, 0.05) is 18.2 Å². The first kappa shape index (κ1) is 13.3. The molecule has 96 valence electrons. The molecule has 0 radical (unpaired) electrons. The quantitative estimate of drug-likeness (QED) is 0.832. The topological polar surface area (TPSA) is 38.7 Å². The second-order valence-electron chi connectivity index (χ2n) is 2.76. The Balaban J connectivity index is 2.95. The number of phenols is 1. The van der Waals surface area contributed by atoms with Gasteiger partial charge >= 0.3 is 12.7 Å². The van der Waals surface area contributed by atoms with Crippen LogP contribution >= 0.6 is 0 Å². The van der Waals surface area contributed by atoms with Crippen molar-refractivity contribution >= 4 is 0 Å². The molecular weight excluding hydrogens is 258 g/mol. The van der Waals surface area contributed by atoms with E-state index in [2.05, 4.69) is 9.47 Å². The normalized spacial score (nSPS) is 12.4. The highest BCUT2D eigenvalue weighted by Crippen LogP contribution is 2.33. The second-order valence-corrected chi connectivity index (χ2v) is 2.76. The van der Waals surface area contributed by atoms with E-state index in [0.717, 1.165) is 0 Å². The summed E-state index contributed by atoms with van der Waals surface area (Å²) in [5, 5.41) is 8.89. The zero-order valence-corrected chi connectivity index (χ0v) is 7.76. The molecule has 0 aliphatic carbocycles. The minimum atomic E-state index is -5.08. The minimum absolute atomic E-state index is 0.348. The van der Waals surface area contributed by atoms with Gasteiger partial charge in [-0.1, -0.05) is 0 Å². The van der Waals surface area contributed by atoms with Crippen molar-refractivity contribution in [2.24, 2.45) is 0 Å². The third-order valence-corrected chi connectivity index (χ3v) is 1.33. The fraction of sp³-hybridized carbons (Fsp3) is 0.250. The summed E-state index contributed by atoms with van der Waals surface area (Å²) in [5.74, 6) is -2.89. The van der Waals surface area contributed by atoms with Gasteiger partial charge in [0.05, 0.1) is 0 Å². The van der Waals surface area contributed by atoms with Crippen molar-refractivity contribution in [2.45, 2.75) is 12.7 Å². The first-order valence-corrected chi connectivity index (χ1v) is 3.91. The van der Waals surface area contributed by atoms with E-state index in [9.17, 15) is 26.3 Å². The Hall–Kier alpha value is -1.80.